The van der Waals surface area contributed by atoms with Gasteiger partial charge in [-0.1, -0.05) is 40.2 Å². The van der Waals surface area contributed by atoms with Crippen molar-refractivity contribution in [2.45, 2.75) is 4.90 Å². The summed E-state index contributed by atoms with van der Waals surface area (Å²) in [7, 11) is -3.91. The Morgan fingerprint density at radius 3 is 1.58 bits per heavy atom. The van der Waals surface area contributed by atoms with Crippen LogP contribution in [0.3, 0.4) is 0 Å². The van der Waals surface area contributed by atoms with Gasteiger partial charge in [0.1, 0.15) is 11.6 Å². The maximum absolute atomic E-state index is 13.3. The summed E-state index contributed by atoms with van der Waals surface area (Å²) < 4.78 is 55.2. The van der Waals surface area contributed by atoms with Crippen molar-refractivity contribution in [3.63, 3.8) is 0 Å². The van der Waals surface area contributed by atoms with E-state index in [1.165, 1.54) is 65.0 Å². The molecule has 0 N–H and O–H groups in total. The third-order valence-corrected chi connectivity index (χ3v) is 7.48. The first-order valence-electron chi connectivity index (χ1n) is 9.95. The van der Waals surface area contributed by atoms with E-state index in [9.17, 15) is 22.0 Å². The van der Waals surface area contributed by atoms with Gasteiger partial charge in [-0.3, -0.25) is 4.79 Å². The van der Waals surface area contributed by atoms with Crippen LogP contribution in [-0.4, -0.2) is 31.6 Å². The number of rotatable bonds is 4. The minimum absolute atomic E-state index is 0.0994. The van der Waals surface area contributed by atoms with Gasteiger partial charge in [0.15, 0.2) is 5.78 Å². The zero-order chi connectivity index (χ0) is 23.6. The number of hydrogen-bond donors (Lipinski definition) is 0. The molecule has 168 valence electrons. The standard InChI is InChI=1S/C25H18BrF2NO3S/c26-21-5-11-24(12-6-21)33(31,32)29-15-19(13-17-1-7-22(27)8-2-17)25(30)20(16-29)14-18-3-9-23(28)10-4-18/h1-14H,15-16H2/b19-13+,20-14+. The van der Waals surface area contributed by atoms with Gasteiger partial charge in [0, 0.05) is 28.7 Å². The molecule has 33 heavy (non-hydrogen) atoms. The number of piperidine rings is 1. The molecule has 0 unspecified atom stereocenters. The van der Waals surface area contributed by atoms with Crippen molar-refractivity contribution in [2.75, 3.05) is 13.1 Å². The Kier molecular flexibility index (Phi) is 6.69. The van der Waals surface area contributed by atoms with Crippen LogP contribution in [0.15, 0.2) is 93.3 Å². The van der Waals surface area contributed by atoms with E-state index in [0.717, 1.165) is 4.47 Å². The van der Waals surface area contributed by atoms with Crippen molar-refractivity contribution in [3.05, 3.63) is 111 Å². The van der Waals surface area contributed by atoms with E-state index < -0.39 is 21.7 Å². The Bertz CT molecular complexity index is 1280. The number of Topliss-reactive ketones (excluding diaryl/α,β-unsaturated/α-hetero) is 1. The predicted molar refractivity (Wildman–Crippen MR) is 127 cm³/mol. The van der Waals surface area contributed by atoms with Gasteiger partial charge in [0.25, 0.3) is 0 Å². The van der Waals surface area contributed by atoms with Crippen LogP contribution in [0.4, 0.5) is 8.78 Å². The van der Waals surface area contributed by atoms with Gasteiger partial charge in [-0.15, -0.1) is 0 Å². The quantitative estimate of drug-likeness (QED) is 0.421. The fraction of sp³-hybridized carbons (Fsp3) is 0.0800. The van der Waals surface area contributed by atoms with E-state index in [2.05, 4.69) is 15.9 Å². The van der Waals surface area contributed by atoms with Crippen LogP contribution in [0, 0.1) is 11.6 Å². The Hall–Kier alpha value is -2.94. The summed E-state index contributed by atoms with van der Waals surface area (Å²) in [5.74, 6) is -1.14. The van der Waals surface area contributed by atoms with Crippen molar-refractivity contribution in [3.8, 4) is 0 Å². The summed E-state index contributed by atoms with van der Waals surface area (Å²) in [5.41, 5.74) is 1.65. The molecule has 1 saturated heterocycles. The second kappa shape index (κ2) is 9.51. The van der Waals surface area contributed by atoms with Crippen LogP contribution >= 0.6 is 15.9 Å². The molecule has 4 rings (SSSR count). The van der Waals surface area contributed by atoms with Crippen molar-refractivity contribution in [1.82, 2.24) is 4.31 Å². The first-order valence-corrected chi connectivity index (χ1v) is 12.2. The average molecular weight is 530 g/mol. The van der Waals surface area contributed by atoms with Crippen LogP contribution in [0.2, 0.25) is 0 Å². The fourth-order valence-electron chi connectivity index (χ4n) is 3.45. The van der Waals surface area contributed by atoms with Gasteiger partial charge in [-0.05, 0) is 71.8 Å². The van der Waals surface area contributed by atoms with E-state index in [-0.39, 0.29) is 34.9 Å². The van der Waals surface area contributed by atoms with Crippen LogP contribution < -0.4 is 0 Å². The molecule has 0 amide bonds. The van der Waals surface area contributed by atoms with Gasteiger partial charge >= 0.3 is 0 Å². The Balaban J connectivity index is 1.77. The number of carbonyl (C=O) groups excluding carboxylic acids is 1. The van der Waals surface area contributed by atoms with E-state index in [1.54, 1.807) is 24.3 Å². The summed E-state index contributed by atoms with van der Waals surface area (Å²) in [6.07, 6.45) is 3.12. The first-order chi connectivity index (χ1) is 15.7. The molecule has 1 aliphatic heterocycles. The maximum atomic E-state index is 13.3. The van der Waals surface area contributed by atoms with E-state index in [0.29, 0.717) is 11.1 Å². The highest BCUT2D eigenvalue weighted by Crippen LogP contribution is 2.28. The Labute approximate surface area is 199 Å². The number of hydrogen-bond acceptors (Lipinski definition) is 3. The molecule has 1 fully saturated rings. The second-order valence-electron chi connectivity index (χ2n) is 7.50. The third kappa shape index (κ3) is 5.35. The number of sulfonamides is 1. The number of carbonyl (C=O) groups is 1. The molecule has 0 aromatic heterocycles. The Morgan fingerprint density at radius 2 is 1.15 bits per heavy atom. The van der Waals surface area contributed by atoms with Crippen LogP contribution in [-0.2, 0) is 14.8 Å². The highest BCUT2D eigenvalue weighted by atomic mass is 79.9. The number of halogens is 3. The van der Waals surface area contributed by atoms with Gasteiger partial charge < -0.3 is 0 Å². The topological polar surface area (TPSA) is 54.5 Å². The van der Waals surface area contributed by atoms with Crippen molar-refractivity contribution in [2.24, 2.45) is 0 Å². The van der Waals surface area contributed by atoms with Crippen LogP contribution in [0.25, 0.3) is 12.2 Å². The minimum atomic E-state index is -3.91. The smallest absolute Gasteiger partial charge is 0.243 e. The summed E-state index contributed by atoms with van der Waals surface area (Å²) in [6, 6.07) is 17.4. The molecule has 0 radical (unpaired) electrons. The highest BCUT2D eigenvalue weighted by molar-refractivity contribution is 9.10. The number of benzene rings is 3. The lowest BCUT2D eigenvalue weighted by Crippen LogP contribution is -2.41. The lowest BCUT2D eigenvalue weighted by Gasteiger charge is -2.29. The Morgan fingerprint density at radius 1 is 0.727 bits per heavy atom. The molecule has 0 bridgehead atoms. The van der Waals surface area contributed by atoms with E-state index in [1.807, 2.05) is 0 Å². The van der Waals surface area contributed by atoms with Gasteiger partial charge in [-0.25, -0.2) is 17.2 Å². The molecule has 4 nitrogen and oxygen atoms in total. The summed E-state index contributed by atoms with van der Waals surface area (Å²) >= 11 is 3.29. The predicted octanol–water partition coefficient (Wildman–Crippen LogP) is 5.47. The third-order valence-electron chi connectivity index (χ3n) is 5.15. The number of nitrogens with zero attached hydrogens (tertiary/aromatic N) is 1. The SMILES string of the molecule is O=C1/C(=C/c2ccc(F)cc2)CN(S(=O)(=O)c2ccc(Br)cc2)C/C1=C\c1ccc(F)cc1. The van der Waals surface area contributed by atoms with E-state index >= 15 is 0 Å². The molecule has 1 aliphatic rings. The second-order valence-corrected chi connectivity index (χ2v) is 10.4. The molecule has 3 aromatic carbocycles. The molecule has 0 atom stereocenters. The van der Waals surface area contributed by atoms with Crippen molar-refractivity contribution in [1.29, 1.82) is 0 Å². The molecule has 1 heterocycles. The van der Waals surface area contributed by atoms with Crippen LogP contribution in [0.5, 0.6) is 0 Å². The summed E-state index contributed by atoms with van der Waals surface area (Å²) in [5, 5.41) is 0. The van der Waals surface area contributed by atoms with Gasteiger partial charge in [0.2, 0.25) is 10.0 Å². The molecule has 3 aromatic rings. The monoisotopic (exact) mass is 529 g/mol. The lowest BCUT2D eigenvalue weighted by molar-refractivity contribution is -0.113. The molecule has 0 spiro atoms. The molecular formula is C25H18BrF2NO3S. The first kappa shape index (κ1) is 23.2. The van der Waals surface area contributed by atoms with E-state index in [4.69, 9.17) is 0 Å². The largest absolute Gasteiger partial charge is 0.289 e. The minimum Gasteiger partial charge on any atom is -0.289 e. The zero-order valence-electron chi connectivity index (χ0n) is 17.2. The van der Waals surface area contributed by atoms with Gasteiger partial charge in [0.05, 0.1) is 4.90 Å². The molecule has 0 saturated carbocycles. The molecule has 0 aliphatic carbocycles. The molecule has 8 heteroatoms. The molecular weight excluding hydrogens is 512 g/mol. The summed E-state index contributed by atoms with van der Waals surface area (Å²) in [4.78, 5) is 13.3. The van der Waals surface area contributed by atoms with Crippen molar-refractivity contribution >= 4 is 43.9 Å². The van der Waals surface area contributed by atoms with Gasteiger partial charge in [-0.2, -0.15) is 4.31 Å². The van der Waals surface area contributed by atoms with Crippen molar-refractivity contribution < 1.29 is 22.0 Å². The lowest BCUT2D eigenvalue weighted by atomic mass is 9.95. The summed E-state index contributed by atoms with van der Waals surface area (Å²) in [6.45, 7) is -0.259. The van der Waals surface area contributed by atoms with Crippen LogP contribution in [0.1, 0.15) is 11.1 Å². The highest BCUT2D eigenvalue weighted by Gasteiger charge is 2.34. The maximum Gasteiger partial charge on any atom is 0.243 e. The normalized spacial score (nSPS) is 17.6. The average Bonchev–Trinajstić information content (AvgIpc) is 2.79. The zero-order valence-corrected chi connectivity index (χ0v) is 19.6. The fourth-order valence-corrected chi connectivity index (χ4v) is 5.11. The number of ketones is 1.